The van der Waals surface area contributed by atoms with Crippen LogP contribution < -0.4 is 0 Å². The molecule has 2 aliphatic heterocycles. The Labute approximate surface area is 83.5 Å². The monoisotopic (exact) mass is 200 g/mol. The second-order valence-corrected chi connectivity index (χ2v) is 3.78. The highest BCUT2D eigenvalue weighted by Gasteiger charge is 2.27. The van der Waals surface area contributed by atoms with Crippen molar-refractivity contribution in [2.24, 2.45) is 0 Å². The van der Waals surface area contributed by atoms with E-state index in [1.165, 1.54) is 0 Å². The van der Waals surface area contributed by atoms with Crippen LogP contribution in [0.15, 0.2) is 0 Å². The number of rotatable bonds is 2. The first-order valence-electron chi connectivity index (χ1n) is 5.26. The van der Waals surface area contributed by atoms with Crippen molar-refractivity contribution in [2.75, 3.05) is 19.8 Å². The summed E-state index contributed by atoms with van der Waals surface area (Å²) in [6, 6.07) is 0. The quantitative estimate of drug-likeness (QED) is 0.621. The summed E-state index contributed by atoms with van der Waals surface area (Å²) in [6.45, 7) is 1.92. The van der Waals surface area contributed by atoms with Crippen molar-refractivity contribution in [3.05, 3.63) is 0 Å². The summed E-state index contributed by atoms with van der Waals surface area (Å²) >= 11 is 0. The van der Waals surface area contributed by atoms with Gasteiger partial charge in [-0.05, 0) is 19.3 Å². The van der Waals surface area contributed by atoms with Crippen molar-refractivity contribution < 1.29 is 19.0 Å². The molecule has 0 N–H and O–H groups in total. The fourth-order valence-corrected chi connectivity index (χ4v) is 1.77. The lowest BCUT2D eigenvalue weighted by molar-refractivity contribution is -0.165. The predicted octanol–water partition coefficient (Wildman–Crippen LogP) is 0.888. The Hall–Kier alpha value is -0.610. The number of hydrogen-bond donors (Lipinski definition) is 0. The summed E-state index contributed by atoms with van der Waals surface area (Å²) in [5.74, 6) is -0.208. The van der Waals surface area contributed by atoms with Gasteiger partial charge in [0.25, 0.3) is 0 Å². The van der Waals surface area contributed by atoms with Gasteiger partial charge in [0.05, 0.1) is 13.2 Å². The Bertz CT molecular complexity index is 192. The third-order valence-corrected chi connectivity index (χ3v) is 2.61. The van der Waals surface area contributed by atoms with Gasteiger partial charge in [-0.3, -0.25) is 0 Å². The molecule has 2 saturated heterocycles. The zero-order valence-electron chi connectivity index (χ0n) is 8.24. The molecule has 14 heavy (non-hydrogen) atoms. The summed E-state index contributed by atoms with van der Waals surface area (Å²) in [5.41, 5.74) is 0. The Morgan fingerprint density at radius 2 is 2.14 bits per heavy atom. The van der Waals surface area contributed by atoms with Crippen LogP contribution in [-0.2, 0) is 19.0 Å². The van der Waals surface area contributed by atoms with Gasteiger partial charge in [-0.1, -0.05) is 0 Å². The molecule has 0 aromatic carbocycles. The van der Waals surface area contributed by atoms with Crippen LogP contribution in [0.5, 0.6) is 0 Å². The minimum atomic E-state index is -0.329. The van der Waals surface area contributed by atoms with Gasteiger partial charge >= 0.3 is 5.97 Å². The van der Waals surface area contributed by atoms with Gasteiger partial charge in [-0.15, -0.1) is 0 Å². The fourth-order valence-electron chi connectivity index (χ4n) is 1.77. The van der Waals surface area contributed by atoms with E-state index >= 15 is 0 Å². The van der Waals surface area contributed by atoms with Crippen LogP contribution in [0.4, 0.5) is 0 Å². The van der Waals surface area contributed by atoms with E-state index in [0.29, 0.717) is 19.8 Å². The molecule has 2 heterocycles. The third-order valence-electron chi connectivity index (χ3n) is 2.61. The molecule has 0 radical (unpaired) electrons. The zero-order valence-corrected chi connectivity index (χ0v) is 8.24. The highest BCUT2D eigenvalue weighted by molar-refractivity contribution is 5.74. The van der Waals surface area contributed by atoms with E-state index in [9.17, 15) is 4.79 Å². The third kappa shape index (κ3) is 2.45. The lowest BCUT2D eigenvalue weighted by Gasteiger charge is -2.22. The molecular formula is C10H16O4. The average Bonchev–Trinajstić information content (AvgIpc) is 2.72. The van der Waals surface area contributed by atoms with Gasteiger partial charge in [0, 0.05) is 13.0 Å². The summed E-state index contributed by atoms with van der Waals surface area (Å²) in [5, 5.41) is 0. The highest BCUT2D eigenvalue weighted by Crippen LogP contribution is 2.16. The Balaban J connectivity index is 1.75. The standard InChI is InChI=1S/C10H16O4/c11-10(9-3-1-2-5-13-9)14-8-4-6-12-7-8/h8-9H,1-7H2/t8-,9+/m0/s1. The smallest absolute Gasteiger partial charge is 0.335 e. The second kappa shape index (κ2) is 4.75. The largest absolute Gasteiger partial charge is 0.458 e. The van der Waals surface area contributed by atoms with Gasteiger partial charge in [0.1, 0.15) is 6.10 Å². The molecule has 0 aromatic heterocycles. The first-order valence-corrected chi connectivity index (χ1v) is 5.26. The average molecular weight is 200 g/mol. The van der Waals surface area contributed by atoms with Crippen molar-refractivity contribution in [3.63, 3.8) is 0 Å². The summed E-state index contributed by atoms with van der Waals surface area (Å²) in [7, 11) is 0. The van der Waals surface area contributed by atoms with Crippen molar-refractivity contribution >= 4 is 5.97 Å². The Kier molecular flexibility index (Phi) is 3.37. The van der Waals surface area contributed by atoms with E-state index in [1.54, 1.807) is 0 Å². The van der Waals surface area contributed by atoms with Crippen molar-refractivity contribution in [2.45, 2.75) is 37.9 Å². The lowest BCUT2D eigenvalue weighted by atomic mass is 10.1. The molecule has 0 bridgehead atoms. The maximum absolute atomic E-state index is 11.6. The maximum Gasteiger partial charge on any atom is 0.335 e. The van der Waals surface area contributed by atoms with Gasteiger partial charge in [0.2, 0.25) is 0 Å². The van der Waals surface area contributed by atoms with Crippen LogP contribution in [-0.4, -0.2) is 38.0 Å². The molecule has 0 aliphatic carbocycles. The summed E-state index contributed by atoms with van der Waals surface area (Å²) in [4.78, 5) is 11.6. The second-order valence-electron chi connectivity index (χ2n) is 3.78. The zero-order chi connectivity index (χ0) is 9.80. The summed E-state index contributed by atoms with van der Waals surface area (Å²) in [6.07, 6.45) is 3.35. The number of hydrogen-bond acceptors (Lipinski definition) is 4. The van der Waals surface area contributed by atoms with Crippen LogP contribution in [0.3, 0.4) is 0 Å². The summed E-state index contributed by atoms with van der Waals surface area (Å²) < 4.78 is 15.7. The van der Waals surface area contributed by atoms with Gasteiger partial charge in [0.15, 0.2) is 6.10 Å². The Morgan fingerprint density at radius 3 is 2.79 bits per heavy atom. The number of carbonyl (C=O) groups excluding carboxylic acids is 1. The molecule has 2 atom stereocenters. The minimum Gasteiger partial charge on any atom is -0.458 e. The van der Waals surface area contributed by atoms with E-state index in [2.05, 4.69) is 0 Å². The fraction of sp³-hybridized carbons (Fsp3) is 0.900. The maximum atomic E-state index is 11.6. The Morgan fingerprint density at radius 1 is 1.21 bits per heavy atom. The first-order chi connectivity index (χ1) is 6.86. The molecule has 0 unspecified atom stereocenters. The normalized spacial score (nSPS) is 32.9. The molecule has 0 spiro atoms. The van der Waals surface area contributed by atoms with Crippen LogP contribution >= 0.6 is 0 Å². The van der Waals surface area contributed by atoms with Crippen molar-refractivity contribution in [1.82, 2.24) is 0 Å². The molecule has 4 heteroatoms. The molecule has 0 amide bonds. The van der Waals surface area contributed by atoms with Crippen molar-refractivity contribution in [1.29, 1.82) is 0 Å². The van der Waals surface area contributed by atoms with E-state index < -0.39 is 0 Å². The molecule has 80 valence electrons. The molecular weight excluding hydrogens is 184 g/mol. The molecule has 4 nitrogen and oxygen atoms in total. The van der Waals surface area contributed by atoms with Crippen LogP contribution in [0.1, 0.15) is 25.7 Å². The van der Waals surface area contributed by atoms with E-state index in [1.807, 2.05) is 0 Å². The van der Waals surface area contributed by atoms with Gasteiger partial charge < -0.3 is 14.2 Å². The highest BCUT2D eigenvalue weighted by atomic mass is 16.6. The van der Waals surface area contributed by atoms with E-state index in [-0.39, 0.29) is 18.2 Å². The molecule has 0 aromatic rings. The molecule has 2 aliphatic rings. The molecule has 0 saturated carbocycles. The van der Waals surface area contributed by atoms with Gasteiger partial charge in [-0.2, -0.15) is 0 Å². The van der Waals surface area contributed by atoms with Crippen LogP contribution in [0.2, 0.25) is 0 Å². The number of ether oxygens (including phenoxy) is 3. The minimum absolute atomic E-state index is 0.0481. The molecule has 2 fully saturated rings. The lowest BCUT2D eigenvalue weighted by Crippen LogP contribution is -2.33. The predicted molar refractivity (Wildman–Crippen MR) is 48.9 cm³/mol. The SMILES string of the molecule is O=C(O[C@H]1CCOC1)[C@H]1CCCCO1. The van der Waals surface area contributed by atoms with E-state index in [0.717, 1.165) is 25.7 Å². The van der Waals surface area contributed by atoms with Crippen LogP contribution in [0, 0.1) is 0 Å². The topological polar surface area (TPSA) is 44.8 Å². The first kappa shape index (κ1) is 9.93. The van der Waals surface area contributed by atoms with Gasteiger partial charge in [-0.25, -0.2) is 4.79 Å². The number of esters is 1. The van der Waals surface area contributed by atoms with Crippen LogP contribution in [0.25, 0.3) is 0 Å². The molecule has 2 rings (SSSR count). The number of carbonyl (C=O) groups is 1. The van der Waals surface area contributed by atoms with Crippen molar-refractivity contribution in [3.8, 4) is 0 Å². The van der Waals surface area contributed by atoms with E-state index in [4.69, 9.17) is 14.2 Å².